The molecule has 0 aromatic carbocycles. The van der Waals surface area contributed by atoms with Gasteiger partial charge in [-0.2, -0.15) is 0 Å². The van der Waals surface area contributed by atoms with Crippen molar-refractivity contribution in [3.8, 4) is 0 Å². The molecule has 0 radical (unpaired) electrons. The monoisotopic (exact) mass is 266 g/mol. The Labute approximate surface area is 103 Å². The van der Waals surface area contributed by atoms with Gasteiger partial charge in [-0.15, -0.1) is 0 Å². The Hall–Kier alpha value is -0.380. The summed E-state index contributed by atoms with van der Waals surface area (Å²) in [5, 5.41) is -1.26. The predicted molar refractivity (Wildman–Crippen MR) is 65.8 cm³/mol. The Balaban J connectivity index is 4.81. The summed E-state index contributed by atoms with van der Waals surface area (Å²) in [7, 11) is -4.31. The molecule has 102 valence electrons. The quantitative estimate of drug-likeness (QED) is 0.520. The third-order valence-corrected chi connectivity index (χ3v) is 4.87. The van der Waals surface area contributed by atoms with E-state index in [0.717, 1.165) is 0 Å². The van der Waals surface area contributed by atoms with Gasteiger partial charge in [-0.05, 0) is 19.3 Å². The van der Waals surface area contributed by atoms with Crippen LogP contribution in [-0.2, 0) is 14.1 Å². The molecule has 5 nitrogen and oxygen atoms in total. The second-order valence-electron chi connectivity index (χ2n) is 4.27. The fourth-order valence-electron chi connectivity index (χ4n) is 1.85. The zero-order valence-electron chi connectivity index (χ0n) is 10.8. The molecule has 0 fully saturated rings. The van der Waals surface area contributed by atoms with E-state index in [1.165, 1.54) is 0 Å². The molecule has 0 saturated carbocycles. The molecular formula is C11H23O5P. The fraction of sp³-hybridized carbons (Fsp3) is 0.909. The first-order valence-corrected chi connectivity index (χ1v) is 7.65. The van der Waals surface area contributed by atoms with E-state index in [2.05, 4.69) is 0 Å². The zero-order chi connectivity index (χ0) is 13.5. The van der Waals surface area contributed by atoms with Crippen molar-refractivity contribution in [1.82, 2.24) is 0 Å². The normalized spacial score (nSPS) is 15.4. The molecule has 0 heterocycles. The van der Waals surface area contributed by atoms with Crippen LogP contribution in [0.3, 0.4) is 0 Å². The summed E-state index contributed by atoms with van der Waals surface area (Å²) in [4.78, 5) is 30.4. The van der Waals surface area contributed by atoms with Crippen LogP contribution in [-0.4, -0.2) is 27.5 Å². The molecule has 6 heteroatoms. The Morgan fingerprint density at radius 3 is 2.18 bits per heavy atom. The van der Waals surface area contributed by atoms with Gasteiger partial charge in [0, 0.05) is 0 Å². The van der Waals surface area contributed by atoms with Crippen LogP contribution in [0.25, 0.3) is 0 Å². The van der Waals surface area contributed by atoms with Crippen LogP contribution in [0.2, 0.25) is 0 Å². The lowest BCUT2D eigenvalue weighted by atomic mass is 9.96. The maximum absolute atomic E-state index is 11.6. The van der Waals surface area contributed by atoms with Crippen LogP contribution in [0.5, 0.6) is 0 Å². The molecule has 2 N–H and O–H groups in total. The molecule has 0 amide bonds. The molecule has 0 aromatic rings. The highest BCUT2D eigenvalue weighted by Crippen LogP contribution is 2.57. The van der Waals surface area contributed by atoms with E-state index in [9.17, 15) is 19.1 Å². The fourth-order valence-corrected chi connectivity index (χ4v) is 3.11. The minimum absolute atomic E-state index is 0.207. The number of rotatable bonds is 8. The first-order chi connectivity index (χ1) is 7.83. The van der Waals surface area contributed by atoms with Crippen LogP contribution >= 0.6 is 7.60 Å². The molecule has 0 aliphatic carbocycles. The van der Waals surface area contributed by atoms with Crippen molar-refractivity contribution in [3.05, 3.63) is 0 Å². The molecule has 17 heavy (non-hydrogen) atoms. The number of hydrogen-bond donors (Lipinski definition) is 2. The second kappa shape index (κ2) is 7.14. The predicted octanol–water partition coefficient (Wildman–Crippen LogP) is 2.46. The van der Waals surface area contributed by atoms with Crippen LogP contribution in [0.4, 0.5) is 0 Å². The van der Waals surface area contributed by atoms with E-state index < -0.39 is 18.7 Å². The number of esters is 1. The van der Waals surface area contributed by atoms with Crippen LogP contribution in [0.15, 0.2) is 0 Å². The lowest BCUT2D eigenvalue weighted by molar-refractivity contribution is -0.144. The first kappa shape index (κ1) is 16.6. The average molecular weight is 266 g/mol. The maximum atomic E-state index is 11.6. The van der Waals surface area contributed by atoms with Crippen molar-refractivity contribution in [1.29, 1.82) is 0 Å². The molecule has 0 aliphatic heterocycles. The van der Waals surface area contributed by atoms with Crippen molar-refractivity contribution >= 4 is 13.6 Å². The van der Waals surface area contributed by atoms with Gasteiger partial charge < -0.3 is 14.5 Å². The molecule has 0 saturated heterocycles. The lowest BCUT2D eigenvalue weighted by Crippen LogP contribution is -2.32. The summed E-state index contributed by atoms with van der Waals surface area (Å²) in [5.74, 6) is -0.523. The average Bonchev–Trinajstić information content (AvgIpc) is 2.24. The Morgan fingerprint density at radius 2 is 1.82 bits per heavy atom. The highest BCUT2D eigenvalue weighted by molar-refractivity contribution is 7.53. The van der Waals surface area contributed by atoms with Crippen LogP contribution in [0, 0.1) is 0 Å². The standard InChI is InChI=1S/C11H23O5P/c1-4-7-11(6-3,17(13,14)15)9-10(12)16-8-5-2/h4-9H2,1-3H3,(H2,13,14,15). The molecule has 0 bridgehead atoms. The smallest absolute Gasteiger partial charge is 0.332 e. The molecular weight excluding hydrogens is 243 g/mol. The van der Waals surface area contributed by atoms with Gasteiger partial charge in [0.25, 0.3) is 0 Å². The van der Waals surface area contributed by atoms with Gasteiger partial charge in [0.15, 0.2) is 0 Å². The number of hydrogen-bond acceptors (Lipinski definition) is 3. The van der Waals surface area contributed by atoms with Crippen molar-refractivity contribution in [3.63, 3.8) is 0 Å². The van der Waals surface area contributed by atoms with Crippen molar-refractivity contribution < 1.29 is 23.9 Å². The first-order valence-electron chi connectivity index (χ1n) is 6.04. The van der Waals surface area contributed by atoms with Crippen molar-refractivity contribution in [2.75, 3.05) is 6.61 Å². The zero-order valence-corrected chi connectivity index (χ0v) is 11.7. The van der Waals surface area contributed by atoms with E-state index in [0.29, 0.717) is 25.9 Å². The minimum Gasteiger partial charge on any atom is -0.466 e. The Bertz CT molecular complexity index is 286. The van der Waals surface area contributed by atoms with E-state index in [4.69, 9.17) is 4.74 Å². The molecule has 1 unspecified atom stereocenters. The number of ether oxygens (including phenoxy) is 1. The lowest BCUT2D eigenvalue weighted by Gasteiger charge is -2.32. The third kappa shape index (κ3) is 4.78. The molecule has 0 aromatic heterocycles. The van der Waals surface area contributed by atoms with E-state index in [1.807, 2.05) is 13.8 Å². The largest absolute Gasteiger partial charge is 0.466 e. The number of carbonyl (C=O) groups excluding carboxylic acids is 1. The van der Waals surface area contributed by atoms with Gasteiger partial charge in [0.2, 0.25) is 0 Å². The number of carbonyl (C=O) groups is 1. The van der Waals surface area contributed by atoms with Crippen LogP contribution < -0.4 is 0 Å². The van der Waals surface area contributed by atoms with Gasteiger partial charge in [-0.25, -0.2) is 0 Å². The van der Waals surface area contributed by atoms with Gasteiger partial charge in [-0.1, -0.05) is 27.2 Å². The summed E-state index contributed by atoms with van der Waals surface area (Å²) < 4.78 is 16.5. The van der Waals surface area contributed by atoms with Gasteiger partial charge in [0.05, 0.1) is 18.2 Å². The highest BCUT2D eigenvalue weighted by Gasteiger charge is 2.46. The maximum Gasteiger partial charge on any atom is 0.332 e. The summed E-state index contributed by atoms with van der Waals surface area (Å²) in [6.45, 7) is 5.71. The third-order valence-electron chi connectivity index (χ3n) is 2.93. The van der Waals surface area contributed by atoms with Gasteiger partial charge >= 0.3 is 13.6 Å². The Kier molecular flexibility index (Phi) is 6.98. The van der Waals surface area contributed by atoms with Gasteiger partial charge in [0.1, 0.15) is 0 Å². The topological polar surface area (TPSA) is 83.8 Å². The van der Waals surface area contributed by atoms with E-state index in [-0.39, 0.29) is 12.8 Å². The SMILES string of the molecule is CCCOC(=O)CC(CC)(CCC)P(=O)(O)O. The Morgan fingerprint density at radius 1 is 1.24 bits per heavy atom. The van der Waals surface area contributed by atoms with E-state index in [1.54, 1.807) is 6.92 Å². The summed E-state index contributed by atoms with van der Waals surface area (Å²) in [6.07, 6.45) is 1.72. The minimum atomic E-state index is -4.31. The molecule has 0 aliphatic rings. The van der Waals surface area contributed by atoms with Crippen LogP contribution in [0.1, 0.15) is 52.9 Å². The highest BCUT2D eigenvalue weighted by atomic mass is 31.2. The van der Waals surface area contributed by atoms with Crippen molar-refractivity contribution in [2.45, 2.75) is 58.0 Å². The molecule has 1 atom stereocenters. The van der Waals surface area contributed by atoms with Gasteiger partial charge in [-0.3, -0.25) is 9.36 Å². The van der Waals surface area contributed by atoms with E-state index >= 15 is 0 Å². The molecule has 0 spiro atoms. The molecule has 0 rings (SSSR count). The second-order valence-corrected chi connectivity index (χ2v) is 6.31. The summed E-state index contributed by atoms with van der Waals surface area (Å²) in [6, 6.07) is 0. The van der Waals surface area contributed by atoms with Crippen molar-refractivity contribution in [2.24, 2.45) is 0 Å². The summed E-state index contributed by atoms with van der Waals surface area (Å²) >= 11 is 0. The summed E-state index contributed by atoms with van der Waals surface area (Å²) in [5.41, 5.74) is 0.